The Balaban J connectivity index is 1.66. The monoisotopic (exact) mass is 304 g/mol. The molecule has 2 heterocycles. The predicted octanol–water partition coefficient (Wildman–Crippen LogP) is 0.470. The van der Waals surface area contributed by atoms with Crippen molar-refractivity contribution in [1.82, 2.24) is 9.97 Å². The van der Waals surface area contributed by atoms with Gasteiger partial charge in [-0.15, -0.1) is 0 Å². The highest BCUT2D eigenvalue weighted by molar-refractivity contribution is 6.01. The molecule has 0 aliphatic carbocycles. The van der Waals surface area contributed by atoms with Crippen LogP contribution in [-0.4, -0.2) is 41.5 Å². The second-order valence-corrected chi connectivity index (χ2v) is 4.54. The van der Waals surface area contributed by atoms with Gasteiger partial charge in [0.05, 0.1) is 11.0 Å². The molecule has 1 aromatic carbocycles. The van der Waals surface area contributed by atoms with Crippen molar-refractivity contribution in [3.05, 3.63) is 46.3 Å². The zero-order valence-electron chi connectivity index (χ0n) is 11.4. The van der Waals surface area contributed by atoms with E-state index in [4.69, 9.17) is 14.2 Å². The smallest absolute Gasteiger partial charge is 0.377 e. The number of benzene rings is 1. The van der Waals surface area contributed by atoms with Crippen LogP contribution in [-0.2, 0) is 19.0 Å². The molecule has 0 saturated carbocycles. The molecule has 1 aromatic heterocycles. The van der Waals surface area contributed by atoms with Gasteiger partial charge in [-0.25, -0.2) is 9.59 Å². The minimum absolute atomic E-state index is 0.0653. The number of rotatable bonds is 4. The Hall–Kier alpha value is -3.03. The van der Waals surface area contributed by atoms with E-state index >= 15 is 0 Å². The second-order valence-electron chi connectivity index (χ2n) is 4.54. The number of H-pyrrole nitrogens is 2. The molecule has 22 heavy (non-hydrogen) atoms. The topological polar surface area (TPSA) is 110 Å². The molecule has 0 radical (unpaired) electrons. The van der Waals surface area contributed by atoms with Crippen molar-refractivity contribution in [2.24, 2.45) is 0 Å². The summed E-state index contributed by atoms with van der Waals surface area (Å²) in [5.74, 6) is -1.22. The van der Waals surface area contributed by atoms with Gasteiger partial charge in [-0.1, -0.05) is 0 Å². The van der Waals surface area contributed by atoms with Crippen LogP contribution in [0, 0.1) is 0 Å². The molecule has 1 aliphatic heterocycles. The van der Waals surface area contributed by atoms with Crippen LogP contribution >= 0.6 is 0 Å². The van der Waals surface area contributed by atoms with Crippen molar-refractivity contribution in [1.29, 1.82) is 0 Å². The molecular formula is C14H12N2O6. The number of aromatic amines is 2. The molecule has 114 valence electrons. The van der Waals surface area contributed by atoms with E-state index in [-0.39, 0.29) is 18.1 Å². The van der Waals surface area contributed by atoms with Crippen molar-refractivity contribution in [2.45, 2.75) is 0 Å². The quantitative estimate of drug-likeness (QED) is 0.627. The van der Waals surface area contributed by atoms with E-state index in [9.17, 15) is 14.4 Å². The summed E-state index contributed by atoms with van der Waals surface area (Å²) in [6.45, 7) is 0.191. The van der Waals surface area contributed by atoms with Crippen molar-refractivity contribution < 1.29 is 23.8 Å². The lowest BCUT2D eigenvalue weighted by molar-refractivity contribution is -0.143. The van der Waals surface area contributed by atoms with Gasteiger partial charge in [-0.3, -0.25) is 4.79 Å². The van der Waals surface area contributed by atoms with Gasteiger partial charge in [0.25, 0.3) is 0 Å². The number of ketones is 1. The van der Waals surface area contributed by atoms with Crippen molar-refractivity contribution in [3.8, 4) is 0 Å². The first-order valence-corrected chi connectivity index (χ1v) is 6.50. The summed E-state index contributed by atoms with van der Waals surface area (Å²) in [6, 6.07) is 4.66. The molecule has 0 fully saturated rings. The first-order chi connectivity index (χ1) is 10.6. The summed E-state index contributed by atoms with van der Waals surface area (Å²) in [5, 5.41) is 0. The first-order valence-electron chi connectivity index (χ1n) is 6.50. The van der Waals surface area contributed by atoms with E-state index in [1.54, 1.807) is 12.1 Å². The van der Waals surface area contributed by atoms with Gasteiger partial charge in [-0.2, -0.15) is 0 Å². The number of imidazole rings is 1. The maximum atomic E-state index is 12.0. The minimum atomic E-state index is -0.760. The van der Waals surface area contributed by atoms with Gasteiger partial charge < -0.3 is 24.2 Å². The lowest BCUT2D eigenvalue weighted by Gasteiger charge is -2.14. The van der Waals surface area contributed by atoms with Crippen molar-refractivity contribution in [2.75, 3.05) is 19.8 Å². The molecule has 0 atom stereocenters. The normalized spacial score (nSPS) is 13.9. The zero-order chi connectivity index (χ0) is 15.5. The number of carbonyl (C=O) groups is 2. The Bertz CT molecular complexity index is 816. The summed E-state index contributed by atoms with van der Waals surface area (Å²) >= 11 is 0. The lowest BCUT2D eigenvalue weighted by atomic mass is 10.1. The average molecular weight is 304 g/mol. The molecule has 0 bridgehead atoms. The molecule has 8 nitrogen and oxygen atoms in total. The lowest BCUT2D eigenvalue weighted by Crippen LogP contribution is -2.20. The summed E-state index contributed by atoms with van der Waals surface area (Å²) in [7, 11) is 0. The SMILES string of the molecule is O=C(OCC(=O)c1ccc2[nH]c(=O)[nH]c2c1)C1=COCCO1. The van der Waals surface area contributed by atoms with E-state index in [0.29, 0.717) is 23.2 Å². The van der Waals surface area contributed by atoms with Crippen LogP contribution in [0.2, 0.25) is 0 Å². The van der Waals surface area contributed by atoms with E-state index in [1.807, 2.05) is 0 Å². The summed E-state index contributed by atoms with van der Waals surface area (Å²) < 4.78 is 14.9. The van der Waals surface area contributed by atoms with E-state index in [2.05, 4.69) is 9.97 Å². The van der Waals surface area contributed by atoms with Crippen LogP contribution < -0.4 is 5.69 Å². The van der Waals surface area contributed by atoms with E-state index < -0.39 is 18.4 Å². The standard InChI is InChI=1S/C14H12N2O6/c17-11(6-22-13(18)12-7-20-3-4-21-12)8-1-2-9-10(5-8)16-14(19)15-9/h1-2,5,7H,3-4,6H2,(H2,15,16,19). The first kappa shape index (κ1) is 13.9. The van der Waals surface area contributed by atoms with Crippen LogP contribution in [0.4, 0.5) is 0 Å². The fourth-order valence-corrected chi connectivity index (χ4v) is 1.97. The highest BCUT2D eigenvalue weighted by Crippen LogP contribution is 2.12. The number of fused-ring (bicyclic) bond motifs is 1. The molecule has 3 rings (SSSR count). The fourth-order valence-electron chi connectivity index (χ4n) is 1.97. The summed E-state index contributed by atoms with van der Waals surface area (Å²) in [6.07, 6.45) is 1.16. The van der Waals surface area contributed by atoms with Gasteiger partial charge in [0.2, 0.25) is 5.76 Å². The number of aromatic nitrogens is 2. The molecule has 8 heteroatoms. The number of Topliss-reactive ketones (excluding diaryl/α,β-unsaturated/α-hetero) is 1. The Morgan fingerprint density at radius 2 is 2.00 bits per heavy atom. The third kappa shape index (κ3) is 2.85. The Labute approximate surface area is 123 Å². The molecule has 0 amide bonds. The number of carbonyl (C=O) groups excluding carboxylic acids is 2. The number of nitrogens with one attached hydrogen (secondary N) is 2. The van der Waals surface area contributed by atoms with Crippen LogP contribution in [0.3, 0.4) is 0 Å². The van der Waals surface area contributed by atoms with Gasteiger partial charge in [0, 0.05) is 5.56 Å². The van der Waals surface area contributed by atoms with Gasteiger partial charge in [-0.05, 0) is 18.2 Å². The van der Waals surface area contributed by atoms with Crippen LogP contribution in [0.1, 0.15) is 10.4 Å². The zero-order valence-corrected chi connectivity index (χ0v) is 11.4. The second kappa shape index (κ2) is 5.76. The Kier molecular flexibility index (Phi) is 3.65. The molecule has 2 N–H and O–H groups in total. The predicted molar refractivity (Wildman–Crippen MR) is 74.2 cm³/mol. The number of hydrogen-bond donors (Lipinski definition) is 2. The van der Waals surface area contributed by atoms with Crippen LogP contribution in [0.15, 0.2) is 35.0 Å². The van der Waals surface area contributed by atoms with Crippen molar-refractivity contribution >= 4 is 22.8 Å². The van der Waals surface area contributed by atoms with Crippen LogP contribution in [0.25, 0.3) is 11.0 Å². The number of hydrogen-bond acceptors (Lipinski definition) is 6. The molecule has 0 unspecified atom stereocenters. The van der Waals surface area contributed by atoms with Crippen molar-refractivity contribution in [3.63, 3.8) is 0 Å². The molecule has 1 aliphatic rings. The number of esters is 1. The number of ether oxygens (including phenoxy) is 3. The molecule has 2 aromatic rings. The fraction of sp³-hybridized carbons (Fsp3) is 0.214. The van der Waals surface area contributed by atoms with Gasteiger partial charge >= 0.3 is 11.7 Å². The maximum Gasteiger partial charge on any atom is 0.377 e. The van der Waals surface area contributed by atoms with Gasteiger partial charge in [0.1, 0.15) is 19.5 Å². The van der Waals surface area contributed by atoms with Gasteiger partial charge in [0.15, 0.2) is 12.4 Å². The third-order valence-corrected chi connectivity index (χ3v) is 3.02. The average Bonchev–Trinajstić information content (AvgIpc) is 2.92. The molecular weight excluding hydrogens is 292 g/mol. The summed E-state index contributed by atoms with van der Waals surface area (Å²) in [4.78, 5) is 39.9. The third-order valence-electron chi connectivity index (χ3n) is 3.02. The Morgan fingerprint density at radius 1 is 1.18 bits per heavy atom. The highest BCUT2D eigenvalue weighted by atomic mass is 16.6. The van der Waals surface area contributed by atoms with Crippen LogP contribution in [0.5, 0.6) is 0 Å². The highest BCUT2D eigenvalue weighted by Gasteiger charge is 2.18. The maximum absolute atomic E-state index is 12.0. The largest absolute Gasteiger partial charge is 0.493 e. The molecule has 0 spiro atoms. The Morgan fingerprint density at radius 3 is 2.77 bits per heavy atom. The summed E-state index contributed by atoms with van der Waals surface area (Å²) in [5.41, 5.74) is 1.07. The minimum Gasteiger partial charge on any atom is -0.493 e. The van der Waals surface area contributed by atoms with E-state index in [0.717, 1.165) is 6.26 Å². The van der Waals surface area contributed by atoms with E-state index in [1.165, 1.54) is 6.07 Å². The molecule has 0 saturated heterocycles.